The van der Waals surface area contributed by atoms with E-state index in [0.29, 0.717) is 23.4 Å². The number of nitrogens with zero attached hydrogens (tertiary/aromatic N) is 2. The fourth-order valence-corrected chi connectivity index (χ4v) is 4.19. The molecule has 6 heteroatoms. The molecule has 4 aromatic rings. The van der Waals surface area contributed by atoms with Gasteiger partial charge < -0.3 is 9.47 Å². The maximum atomic E-state index is 13.0. The molecule has 28 heavy (non-hydrogen) atoms. The van der Waals surface area contributed by atoms with Gasteiger partial charge in [-0.3, -0.25) is 9.36 Å². The zero-order chi connectivity index (χ0) is 19.7. The first-order chi connectivity index (χ1) is 13.6. The summed E-state index contributed by atoms with van der Waals surface area (Å²) in [5.41, 5.74) is 3.06. The number of benzene rings is 2. The average Bonchev–Trinajstić information content (AvgIpc) is 3.17. The molecule has 4 rings (SSSR count). The summed E-state index contributed by atoms with van der Waals surface area (Å²) in [6, 6.07) is 15.8. The number of thiophene rings is 1. The van der Waals surface area contributed by atoms with Crippen molar-refractivity contribution in [3.63, 3.8) is 0 Å². The first-order valence-electron chi connectivity index (χ1n) is 8.86. The molecule has 0 amide bonds. The Morgan fingerprint density at radius 2 is 1.75 bits per heavy atom. The third kappa shape index (κ3) is 3.27. The summed E-state index contributed by atoms with van der Waals surface area (Å²) in [6.07, 6.45) is 1.62. The molecule has 5 nitrogen and oxygen atoms in total. The van der Waals surface area contributed by atoms with Crippen LogP contribution >= 0.6 is 11.3 Å². The van der Waals surface area contributed by atoms with Gasteiger partial charge in [-0.1, -0.05) is 30.3 Å². The summed E-state index contributed by atoms with van der Waals surface area (Å²) >= 11 is 1.53. The van der Waals surface area contributed by atoms with Crippen molar-refractivity contribution in [1.29, 1.82) is 0 Å². The normalized spacial score (nSPS) is 11.0. The Hall–Kier alpha value is -3.12. The van der Waals surface area contributed by atoms with E-state index in [1.807, 2.05) is 55.5 Å². The van der Waals surface area contributed by atoms with E-state index in [4.69, 9.17) is 9.47 Å². The largest absolute Gasteiger partial charge is 0.493 e. The first-order valence-corrected chi connectivity index (χ1v) is 9.68. The van der Waals surface area contributed by atoms with Crippen LogP contribution in [0.25, 0.3) is 20.7 Å². The van der Waals surface area contributed by atoms with Crippen molar-refractivity contribution in [3.8, 4) is 21.9 Å². The Kier molecular flexibility index (Phi) is 4.88. The molecule has 0 saturated heterocycles. The lowest BCUT2D eigenvalue weighted by Crippen LogP contribution is -2.21. The molecule has 0 aliphatic heterocycles. The van der Waals surface area contributed by atoms with Gasteiger partial charge >= 0.3 is 0 Å². The quantitative estimate of drug-likeness (QED) is 0.502. The van der Waals surface area contributed by atoms with E-state index in [1.165, 1.54) is 11.3 Å². The molecular formula is C22H20N2O3S. The molecule has 2 aromatic heterocycles. The lowest BCUT2D eigenvalue weighted by Gasteiger charge is -2.13. The number of hydrogen-bond donors (Lipinski definition) is 0. The number of ether oxygens (including phenoxy) is 2. The van der Waals surface area contributed by atoms with Crippen molar-refractivity contribution in [1.82, 2.24) is 9.55 Å². The Morgan fingerprint density at radius 3 is 2.46 bits per heavy atom. The average molecular weight is 392 g/mol. The fourth-order valence-electron chi connectivity index (χ4n) is 3.19. The lowest BCUT2D eigenvalue weighted by molar-refractivity contribution is 0.354. The van der Waals surface area contributed by atoms with Crippen LogP contribution in [0.2, 0.25) is 0 Å². The molecule has 2 heterocycles. The van der Waals surface area contributed by atoms with Crippen LogP contribution in [-0.2, 0) is 6.54 Å². The number of rotatable bonds is 5. The van der Waals surface area contributed by atoms with Crippen LogP contribution < -0.4 is 15.0 Å². The van der Waals surface area contributed by atoms with Crippen LogP contribution in [-0.4, -0.2) is 23.8 Å². The maximum Gasteiger partial charge on any atom is 0.262 e. The summed E-state index contributed by atoms with van der Waals surface area (Å²) in [4.78, 5) is 19.4. The summed E-state index contributed by atoms with van der Waals surface area (Å²) in [6.45, 7) is 2.41. The summed E-state index contributed by atoms with van der Waals surface area (Å²) in [7, 11) is 3.22. The number of aryl methyl sites for hydroxylation is 1. The van der Waals surface area contributed by atoms with Gasteiger partial charge in [0.05, 0.1) is 32.5 Å². The van der Waals surface area contributed by atoms with Crippen molar-refractivity contribution in [2.24, 2.45) is 0 Å². The maximum absolute atomic E-state index is 13.0. The van der Waals surface area contributed by atoms with Gasteiger partial charge in [-0.2, -0.15) is 0 Å². The lowest BCUT2D eigenvalue weighted by atomic mass is 10.1. The summed E-state index contributed by atoms with van der Waals surface area (Å²) < 4.78 is 12.4. The van der Waals surface area contributed by atoms with Gasteiger partial charge in [0, 0.05) is 4.88 Å². The number of fused-ring (bicyclic) bond motifs is 1. The highest BCUT2D eigenvalue weighted by Crippen LogP contribution is 2.32. The van der Waals surface area contributed by atoms with E-state index < -0.39 is 0 Å². The molecule has 0 fully saturated rings. The summed E-state index contributed by atoms with van der Waals surface area (Å²) in [5.74, 6) is 1.32. The number of methoxy groups -OCH3 is 2. The third-order valence-corrected chi connectivity index (χ3v) is 5.85. The molecule has 2 aromatic carbocycles. The molecule has 0 aliphatic carbocycles. The first kappa shape index (κ1) is 18.3. The van der Waals surface area contributed by atoms with Crippen LogP contribution in [0.3, 0.4) is 0 Å². The molecule has 0 atom stereocenters. The van der Waals surface area contributed by atoms with Gasteiger partial charge in [-0.15, -0.1) is 11.3 Å². The predicted molar refractivity (Wildman–Crippen MR) is 113 cm³/mol. The van der Waals surface area contributed by atoms with E-state index in [2.05, 4.69) is 4.98 Å². The van der Waals surface area contributed by atoms with E-state index in [0.717, 1.165) is 26.4 Å². The van der Waals surface area contributed by atoms with Crippen LogP contribution in [0.4, 0.5) is 0 Å². The van der Waals surface area contributed by atoms with Gasteiger partial charge in [0.2, 0.25) is 0 Å². The van der Waals surface area contributed by atoms with Crippen LogP contribution in [0.15, 0.2) is 59.7 Å². The van der Waals surface area contributed by atoms with E-state index in [1.54, 1.807) is 25.1 Å². The van der Waals surface area contributed by atoms with Crippen LogP contribution in [0.1, 0.15) is 11.1 Å². The van der Waals surface area contributed by atoms with Crippen molar-refractivity contribution in [2.75, 3.05) is 14.2 Å². The molecule has 0 aliphatic rings. The monoisotopic (exact) mass is 392 g/mol. The van der Waals surface area contributed by atoms with Crippen molar-refractivity contribution >= 4 is 21.6 Å². The van der Waals surface area contributed by atoms with Gasteiger partial charge in [-0.25, -0.2) is 4.98 Å². The number of aromatic nitrogens is 2. The Balaban J connectivity index is 1.74. The Morgan fingerprint density at radius 1 is 1.04 bits per heavy atom. The molecule has 0 bridgehead atoms. The van der Waals surface area contributed by atoms with Gasteiger partial charge in [-0.05, 0) is 41.8 Å². The zero-order valence-electron chi connectivity index (χ0n) is 15.9. The van der Waals surface area contributed by atoms with Crippen molar-refractivity contribution in [2.45, 2.75) is 13.5 Å². The van der Waals surface area contributed by atoms with Crippen LogP contribution in [0.5, 0.6) is 11.5 Å². The molecule has 0 unspecified atom stereocenters. The van der Waals surface area contributed by atoms with E-state index in [-0.39, 0.29) is 5.56 Å². The smallest absolute Gasteiger partial charge is 0.262 e. The molecule has 142 valence electrons. The van der Waals surface area contributed by atoms with Crippen molar-refractivity contribution in [3.05, 3.63) is 76.3 Å². The highest BCUT2D eigenvalue weighted by molar-refractivity contribution is 7.21. The third-order valence-electron chi connectivity index (χ3n) is 4.76. The second-order valence-electron chi connectivity index (χ2n) is 6.51. The van der Waals surface area contributed by atoms with E-state index in [9.17, 15) is 4.79 Å². The van der Waals surface area contributed by atoms with Gasteiger partial charge in [0.15, 0.2) is 11.5 Å². The fraction of sp³-hybridized carbons (Fsp3) is 0.182. The highest BCUT2D eigenvalue weighted by atomic mass is 32.1. The molecule has 0 N–H and O–H groups in total. The second-order valence-corrected chi connectivity index (χ2v) is 7.54. The SMILES string of the molecule is COc1cc(C)c(Cn2cnc3sc(-c4ccccc4)cc3c2=O)cc1OC. The van der Waals surface area contributed by atoms with Gasteiger partial charge in [0.1, 0.15) is 4.83 Å². The summed E-state index contributed by atoms with van der Waals surface area (Å²) in [5, 5.41) is 0.643. The standard InChI is InChI=1S/C22H20N2O3S/c1-14-9-18(26-2)19(27-3)10-16(14)12-24-13-23-21-17(22(24)25)11-20(28-21)15-7-5-4-6-8-15/h4-11,13H,12H2,1-3H3. The molecule has 0 spiro atoms. The predicted octanol–water partition coefficient (Wildman–Crippen LogP) is 4.50. The van der Waals surface area contributed by atoms with Crippen LogP contribution in [0, 0.1) is 6.92 Å². The topological polar surface area (TPSA) is 53.4 Å². The Labute approximate surface area is 166 Å². The van der Waals surface area contributed by atoms with Gasteiger partial charge in [0.25, 0.3) is 5.56 Å². The minimum atomic E-state index is -0.0439. The van der Waals surface area contributed by atoms with Crippen molar-refractivity contribution < 1.29 is 9.47 Å². The van der Waals surface area contributed by atoms with E-state index >= 15 is 0 Å². The molecule has 0 saturated carbocycles. The number of hydrogen-bond acceptors (Lipinski definition) is 5. The Bertz CT molecular complexity index is 1200. The second kappa shape index (κ2) is 7.48. The minimum absolute atomic E-state index is 0.0439. The molecular weight excluding hydrogens is 372 g/mol. The highest BCUT2D eigenvalue weighted by Gasteiger charge is 2.13. The zero-order valence-corrected chi connectivity index (χ0v) is 16.7. The molecule has 0 radical (unpaired) electrons. The minimum Gasteiger partial charge on any atom is -0.493 e.